The Bertz CT molecular complexity index is 1600. The minimum Gasteiger partial charge on any atom is -0.507 e. The number of aliphatic hydroxyl groups is 1. The molecule has 0 saturated carbocycles. The topological polar surface area (TPSA) is 131 Å². The second-order valence-electron chi connectivity index (χ2n) is 10.3. The molecule has 0 aromatic heterocycles. The fourth-order valence-electron chi connectivity index (χ4n) is 5.75. The van der Waals surface area contributed by atoms with Crippen molar-refractivity contribution >= 4 is 21.5 Å². The summed E-state index contributed by atoms with van der Waals surface area (Å²) in [5.74, 6) is -1.28. The summed E-state index contributed by atoms with van der Waals surface area (Å²) in [6.45, 7) is 11.3. The van der Waals surface area contributed by atoms with Crippen molar-refractivity contribution in [3.05, 3.63) is 46.0 Å². The first-order valence-electron chi connectivity index (χ1n) is 12.0. The van der Waals surface area contributed by atoms with Crippen molar-refractivity contribution in [2.24, 2.45) is 0 Å². The molecule has 4 aromatic carbocycles. The zero-order valence-electron chi connectivity index (χ0n) is 21.1. The quantitative estimate of drug-likeness (QED) is 0.182. The minimum absolute atomic E-state index is 0.0887. The van der Waals surface area contributed by atoms with Gasteiger partial charge in [0.1, 0.15) is 11.5 Å². The molecule has 0 radical (unpaired) electrons. The van der Waals surface area contributed by atoms with E-state index in [1.54, 1.807) is 0 Å². The van der Waals surface area contributed by atoms with Crippen molar-refractivity contribution in [2.45, 2.75) is 59.7 Å². The zero-order valence-corrected chi connectivity index (χ0v) is 21.1. The predicted molar refractivity (Wildman–Crippen MR) is 138 cm³/mol. The smallest absolute Gasteiger partial charge is 0.228 e. The summed E-state index contributed by atoms with van der Waals surface area (Å²) in [5, 5.41) is 66.8. The lowest BCUT2D eigenvalue weighted by molar-refractivity contribution is -0.00997. The van der Waals surface area contributed by atoms with Crippen LogP contribution >= 0.6 is 0 Å². The average Bonchev–Trinajstić information content (AvgIpc) is 3.12. The maximum atomic E-state index is 11.5. The molecule has 36 heavy (non-hydrogen) atoms. The summed E-state index contributed by atoms with van der Waals surface area (Å²) >= 11 is 0. The Balaban J connectivity index is 1.94. The van der Waals surface area contributed by atoms with Crippen LogP contribution in [0, 0.1) is 13.8 Å². The Morgan fingerprint density at radius 1 is 0.667 bits per heavy atom. The van der Waals surface area contributed by atoms with Crippen LogP contribution in [-0.2, 0) is 0 Å². The highest BCUT2D eigenvalue weighted by molar-refractivity contribution is 6.08. The molecule has 1 atom stereocenters. The lowest BCUT2D eigenvalue weighted by Gasteiger charge is -2.21. The summed E-state index contributed by atoms with van der Waals surface area (Å²) in [6.07, 6.45) is -1.49. The van der Waals surface area contributed by atoms with E-state index in [-0.39, 0.29) is 40.4 Å². The van der Waals surface area contributed by atoms with Gasteiger partial charge in [-0.3, -0.25) is 0 Å². The lowest BCUT2D eigenvalue weighted by Crippen LogP contribution is -2.01. The molecule has 5 rings (SSSR count). The molecule has 4 aromatic rings. The van der Waals surface area contributed by atoms with Gasteiger partial charge in [0.2, 0.25) is 6.29 Å². The second kappa shape index (κ2) is 7.83. The Hall–Kier alpha value is -3.84. The molecule has 6 N–H and O–H groups in total. The van der Waals surface area contributed by atoms with E-state index in [1.807, 2.05) is 53.7 Å². The van der Waals surface area contributed by atoms with Crippen LogP contribution in [0.4, 0.5) is 0 Å². The molecule has 188 valence electrons. The monoisotopic (exact) mass is 490 g/mol. The summed E-state index contributed by atoms with van der Waals surface area (Å²) < 4.78 is 5.87. The van der Waals surface area contributed by atoms with Gasteiger partial charge in [0.05, 0.1) is 5.56 Å². The number of benzene rings is 4. The van der Waals surface area contributed by atoms with E-state index in [2.05, 4.69) is 0 Å². The number of aryl methyl sites for hydroxylation is 2. The first-order valence-corrected chi connectivity index (χ1v) is 12.0. The summed E-state index contributed by atoms with van der Waals surface area (Å²) in [5.41, 5.74) is 3.59. The molecule has 0 fully saturated rings. The molecule has 1 heterocycles. The zero-order chi connectivity index (χ0) is 26.4. The Morgan fingerprint density at radius 3 is 1.83 bits per heavy atom. The molecule has 1 unspecified atom stereocenters. The Labute approximate surface area is 208 Å². The highest BCUT2D eigenvalue weighted by atomic mass is 16.6. The van der Waals surface area contributed by atoms with Gasteiger partial charge in [-0.15, -0.1) is 0 Å². The standard InChI is InChI=1S/C29H30O7/c1-10(2)18-14-7-12(5)20(24(31)15(14)9-17(30)25(18)32)21-13(6)8-16-19(11(3)4)26(33)27(34)23-22(16)28(21)36-29(23)35/h7-11,29-35H,1-6H3. The van der Waals surface area contributed by atoms with Crippen molar-refractivity contribution < 1.29 is 35.4 Å². The molecule has 7 heteroatoms. The van der Waals surface area contributed by atoms with Gasteiger partial charge in [-0.25, -0.2) is 0 Å². The molecule has 0 aliphatic carbocycles. The first-order chi connectivity index (χ1) is 16.9. The second-order valence-corrected chi connectivity index (χ2v) is 10.3. The van der Waals surface area contributed by atoms with E-state index in [0.717, 1.165) is 5.56 Å². The molecule has 1 aliphatic rings. The fraction of sp³-hybridized carbons (Fsp3) is 0.310. The average molecular weight is 491 g/mol. The van der Waals surface area contributed by atoms with Gasteiger partial charge in [0, 0.05) is 33.0 Å². The van der Waals surface area contributed by atoms with Crippen LogP contribution in [0.2, 0.25) is 0 Å². The highest BCUT2D eigenvalue weighted by Crippen LogP contribution is 2.58. The minimum atomic E-state index is -1.49. The maximum absolute atomic E-state index is 11.5. The van der Waals surface area contributed by atoms with Crippen molar-refractivity contribution in [1.29, 1.82) is 0 Å². The largest absolute Gasteiger partial charge is 0.507 e. The first kappa shape index (κ1) is 23.9. The highest BCUT2D eigenvalue weighted by Gasteiger charge is 2.36. The number of aliphatic hydroxyl groups excluding tert-OH is 1. The number of fused-ring (bicyclic) bond motifs is 1. The third-order valence-corrected chi connectivity index (χ3v) is 7.26. The number of ether oxygens (including phenoxy) is 1. The van der Waals surface area contributed by atoms with Crippen LogP contribution in [0.3, 0.4) is 0 Å². The van der Waals surface area contributed by atoms with Gasteiger partial charge in [-0.2, -0.15) is 0 Å². The van der Waals surface area contributed by atoms with Gasteiger partial charge in [0.15, 0.2) is 23.0 Å². The molecule has 7 nitrogen and oxygen atoms in total. The van der Waals surface area contributed by atoms with Crippen molar-refractivity contribution in [3.8, 4) is 45.6 Å². The van der Waals surface area contributed by atoms with Gasteiger partial charge < -0.3 is 35.4 Å². The van der Waals surface area contributed by atoms with Crippen molar-refractivity contribution in [1.82, 2.24) is 0 Å². The van der Waals surface area contributed by atoms with Crippen molar-refractivity contribution in [3.63, 3.8) is 0 Å². The number of phenolic OH excluding ortho intramolecular Hbond substituents is 5. The molecular formula is C29H30O7. The third-order valence-electron chi connectivity index (χ3n) is 7.26. The molecule has 0 spiro atoms. The van der Waals surface area contributed by atoms with Gasteiger partial charge >= 0.3 is 0 Å². The number of hydrogen-bond acceptors (Lipinski definition) is 7. The van der Waals surface area contributed by atoms with E-state index in [9.17, 15) is 30.6 Å². The number of phenols is 5. The van der Waals surface area contributed by atoms with Crippen LogP contribution in [0.25, 0.3) is 32.7 Å². The summed E-state index contributed by atoms with van der Waals surface area (Å²) in [4.78, 5) is 0. The normalized spacial score (nSPS) is 15.0. The molecule has 0 bridgehead atoms. The lowest BCUT2D eigenvalue weighted by atomic mass is 9.84. The van der Waals surface area contributed by atoms with Crippen LogP contribution in [0.15, 0.2) is 18.2 Å². The Morgan fingerprint density at radius 2 is 1.22 bits per heavy atom. The Kier molecular flexibility index (Phi) is 5.20. The van der Waals surface area contributed by atoms with E-state index in [0.29, 0.717) is 55.1 Å². The van der Waals surface area contributed by atoms with Crippen LogP contribution in [-0.4, -0.2) is 30.6 Å². The SMILES string of the molecule is Cc1cc2c(C(C)C)c(O)c(O)cc2c(O)c1-c1c(C)cc2c(C(C)C)c(O)c(O)c3c2c1OC3O. The third kappa shape index (κ3) is 3.02. The van der Waals surface area contributed by atoms with Gasteiger partial charge in [-0.1, -0.05) is 39.8 Å². The predicted octanol–water partition coefficient (Wildman–Crippen LogP) is 6.43. The molecule has 0 saturated heterocycles. The van der Waals surface area contributed by atoms with E-state index < -0.39 is 12.0 Å². The number of rotatable bonds is 3. The van der Waals surface area contributed by atoms with E-state index >= 15 is 0 Å². The van der Waals surface area contributed by atoms with Crippen LogP contribution < -0.4 is 4.74 Å². The molecule has 1 aliphatic heterocycles. The van der Waals surface area contributed by atoms with E-state index in [1.165, 1.54) is 6.07 Å². The summed E-state index contributed by atoms with van der Waals surface area (Å²) in [7, 11) is 0. The molecular weight excluding hydrogens is 460 g/mol. The van der Waals surface area contributed by atoms with Crippen LogP contribution in [0.5, 0.6) is 34.5 Å². The van der Waals surface area contributed by atoms with Gasteiger partial charge in [0.25, 0.3) is 0 Å². The maximum Gasteiger partial charge on any atom is 0.228 e. The van der Waals surface area contributed by atoms with E-state index in [4.69, 9.17) is 4.74 Å². The number of aromatic hydroxyl groups is 5. The van der Waals surface area contributed by atoms with Gasteiger partial charge in [-0.05, 0) is 53.6 Å². The number of hydrogen-bond donors (Lipinski definition) is 6. The van der Waals surface area contributed by atoms with Crippen molar-refractivity contribution in [2.75, 3.05) is 0 Å². The van der Waals surface area contributed by atoms with Crippen LogP contribution in [0.1, 0.15) is 73.6 Å². The molecule has 0 amide bonds. The fourth-order valence-corrected chi connectivity index (χ4v) is 5.75. The summed E-state index contributed by atoms with van der Waals surface area (Å²) in [6, 6.07) is 5.06.